The Kier molecular flexibility index (Phi) is 5.89. The zero-order chi connectivity index (χ0) is 20.4. The van der Waals surface area contributed by atoms with E-state index in [-0.39, 0.29) is 5.91 Å². The summed E-state index contributed by atoms with van der Waals surface area (Å²) in [5.74, 6) is 1.31. The molecule has 0 atom stereocenters. The molecule has 0 bridgehead atoms. The molecular formula is C21H22ClN3O3S. The van der Waals surface area contributed by atoms with Gasteiger partial charge in [-0.05, 0) is 45.3 Å². The molecule has 0 N–H and O–H groups in total. The van der Waals surface area contributed by atoms with Gasteiger partial charge in [0.25, 0.3) is 5.91 Å². The highest BCUT2D eigenvalue weighted by molar-refractivity contribution is 7.22. The van der Waals surface area contributed by atoms with Crippen LogP contribution in [0.5, 0.6) is 11.5 Å². The van der Waals surface area contributed by atoms with E-state index in [1.54, 1.807) is 29.2 Å². The van der Waals surface area contributed by atoms with Gasteiger partial charge >= 0.3 is 0 Å². The monoisotopic (exact) mass is 431 g/mol. The van der Waals surface area contributed by atoms with Gasteiger partial charge in [0.05, 0.1) is 10.2 Å². The quantitative estimate of drug-likeness (QED) is 0.581. The second-order valence-corrected chi connectivity index (χ2v) is 8.53. The molecule has 1 aliphatic heterocycles. The smallest absolute Gasteiger partial charge is 0.260 e. The molecule has 1 aromatic heterocycles. The lowest BCUT2D eigenvalue weighted by molar-refractivity contribution is 0.0986. The molecule has 2 heterocycles. The normalized spacial score (nSPS) is 13.1. The number of ether oxygens (including phenoxy) is 2. The number of hydrogen-bond acceptors (Lipinski definition) is 6. The first-order valence-electron chi connectivity index (χ1n) is 9.43. The van der Waals surface area contributed by atoms with Crippen LogP contribution in [0.25, 0.3) is 10.2 Å². The van der Waals surface area contributed by atoms with Crippen LogP contribution < -0.4 is 14.4 Å². The fraction of sp³-hybridized carbons (Fsp3) is 0.333. The summed E-state index contributed by atoms with van der Waals surface area (Å²) in [5, 5.41) is 1.20. The largest absolute Gasteiger partial charge is 0.486 e. The Morgan fingerprint density at radius 2 is 1.90 bits per heavy atom. The number of carbonyl (C=O) groups excluding carboxylic acids is 1. The highest BCUT2D eigenvalue weighted by Gasteiger charge is 2.23. The van der Waals surface area contributed by atoms with Crippen LogP contribution in [0, 0.1) is 0 Å². The van der Waals surface area contributed by atoms with Crippen LogP contribution in [0.4, 0.5) is 5.13 Å². The average molecular weight is 432 g/mol. The Morgan fingerprint density at radius 3 is 2.62 bits per heavy atom. The topological polar surface area (TPSA) is 54.9 Å². The maximum Gasteiger partial charge on any atom is 0.260 e. The lowest BCUT2D eigenvalue weighted by atomic mass is 10.2. The number of nitrogens with zero attached hydrogens (tertiary/aromatic N) is 3. The molecular weight excluding hydrogens is 410 g/mol. The molecule has 0 saturated heterocycles. The molecule has 4 rings (SSSR count). The van der Waals surface area contributed by atoms with Crippen molar-refractivity contribution >= 4 is 44.2 Å². The van der Waals surface area contributed by atoms with Crippen molar-refractivity contribution in [1.29, 1.82) is 0 Å². The zero-order valence-electron chi connectivity index (χ0n) is 16.4. The molecule has 152 valence electrons. The number of aromatic nitrogens is 1. The van der Waals surface area contributed by atoms with Crippen LogP contribution in [0.1, 0.15) is 16.8 Å². The van der Waals surface area contributed by atoms with Crippen molar-refractivity contribution in [3.63, 3.8) is 0 Å². The minimum absolute atomic E-state index is 0.109. The number of thiazole rings is 1. The second kappa shape index (κ2) is 8.57. The summed E-state index contributed by atoms with van der Waals surface area (Å²) in [6, 6.07) is 10.8. The Balaban J connectivity index is 1.68. The van der Waals surface area contributed by atoms with E-state index in [2.05, 4.69) is 4.90 Å². The second-order valence-electron chi connectivity index (χ2n) is 7.08. The maximum absolute atomic E-state index is 13.3. The minimum Gasteiger partial charge on any atom is -0.486 e. The summed E-state index contributed by atoms with van der Waals surface area (Å²) in [5.41, 5.74) is 1.35. The molecule has 1 aliphatic rings. The number of rotatable bonds is 6. The fourth-order valence-electron chi connectivity index (χ4n) is 3.17. The van der Waals surface area contributed by atoms with E-state index in [9.17, 15) is 4.79 Å². The summed E-state index contributed by atoms with van der Waals surface area (Å²) in [7, 11) is 4.04. The molecule has 0 aliphatic carbocycles. The standard InChI is InChI=1S/C21H22ClN3O3S/c1-24(2)7-4-8-25(20(26)14-5-3-6-15(22)11-14)21-23-16-12-17-18(13-19(16)29-21)28-10-9-27-17/h3,5-6,11-13H,4,7-10H2,1-2H3. The van der Waals surface area contributed by atoms with Crippen molar-refractivity contribution in [1.82, 2.24) is 9.88 Å². The van der Waals surface area contributed by atoms with Gasteiger partial charge in [0.1, 0.15) is 13.2 Å². The van der Waals surface area contributed by atoms with Crippen LogP contribution >= 0.6 is 22.9 Å². The molecule has 0 saturated carbocycles. The lowest BCUT2D eigenvalue weighted by Crippen LogP contribution is -2.33. The van der Waals surface area contributed by atoms with Crippen LogP contribution in [0.3, 0.4) is 0 Å². The summed E-state index contributed by atoms with van der Waals surface area (Å²) in [6.07, 6.45) is 0.831. The third-order valence-electron chi connectivity index (χ3n) is 4.58. The van der Waals surface area contributed by atoms with Crippen molar-refractivity contribution in [2.45, 2.75) is 6.42 Å². The van der Waals surface area contributed by atoms with E-state index >= 15 is 0 Å². The Morgan fingerprint density at radius 1 is 1.14 bits per heavy atom. The Hall–Kier alpha value is -2.35. The van der Waals surface area contributed by atoms with E-state index in [1.165, 1.54) is 11.3 Å². The van der Waals surface area contributed by atoms with Crippen LogP contribution in [0.2, 0.25) is 5.02 Å². The molecule has 6 nitrogen and oxygen atoms in total. The van der Waals surface area contributed by atoms with Gasteiger partial charge in [-0.3, -0.25) is 9.69 Å². The number of hydrogen-bond donors (Lipinski definition) is 0. The molecule has 29 heavy (non-hydrogen) atoms. The van der Waals surface area contributed by atoms with Gasteiger partial charge < -0.3 is 14.4 Å². The van der Waals surface area contributed by atoms with Crippen molar-refractivity contribution in [3.05, 3.63) is 47.0 Å². The highest BCUT2D eigenvalue weighted by atomic mass is 35.5. The molecule has 1 amide bonds. The van der Waals surface area contributed by atoms with Gasteiger partial charge in [-0.25, -0.2) is 4.98 Å². The molecule has 2 aromatic carbocycles. The lowest BCUT2D eigenvalue weighted by Gasteiger charge is -2.21. The number of anilines is 1. The molecule has 3 aromatic rings. The predicted molar refractivity (Wildman–Crippen MR) is 117 cm³/mol. The predicted octanol–water partition coefficient (Wildman–Crippen LogP) is 4.32. The summed E-state index contributed by atoms with van der Waals surface area (Å²) >= 11 is 7.58. The average Bonchev–Trinajstić information content (AvgIpc) is 3.11. The van der Waals surface area contributed by atoms with E-state index < -0.39 is 0 Å². The first-order valence-corrected chi connectivity index (χ1v) is 10.6. The van der Waals surface area contributed by atoms with Crippen molar-refractivity contribution in [2.75, 3.05) is 45.3 Å². The molecule has 0 fully saturated rings. The van der Waals surface area contributed by atoms with Gasteiger partial charge in [-0.2, -0.15) is 0 Å². The van der Waals surface area contributed by atoms with E-state index in [1.807, 2.05) is 26.2 Å². The van der Waals surface area contributed by atoms with Crippen molar-refractivity contribution in [2.24, 2.45) is 0 Å². The van der Waals surface area contributed by atoms with Crippen molar-refractivity contribution in [3.8, 4) is 11.5 Å². The van der Waals surface area contributed by atoms with E-state index in [4.69, 9.17) is 26.1 Å². The molecule has 0 unspecified atom stereocenters. The van der Waals surface area contributed by atoms with Crippen LogP contribution in [-0.4, -0.2) is 56.2 Å². The highest BCUT2D eigenvalue weighted by Crippen LogP contribution is 2.39. The van der Waals surface area contributed by atoms with Gasteiger partial charge in [0.2, 0.25) is 0 Å². The first-order chi connectivity index (χ1) is 14.0. The Bertz CT molecular complexity index is 994. The van der Waals surface area contributed by atoms with Crippen LogP contribution in [-0.2, 0) is 0 Å². The molecule has 8 heteroatoms. The maximum atomic E-state index is 13.3. The van der Waals surface area contributed by atoms with E-state index in [0.29, 0.717) is 41.2 Å². The number of carbonyl (C=O) groups is 1. The van der Waals surface area contributed by atoms with Gasteiger partial charge in [-0.15, -0.1) is 0 Å². The number of halogens is 1. The number of benzene rings is 2. The molecule has 0 radical (unpaired) electrons. The summed E-state index contributed by atoms with van der Waals surface area (Å²) < 4.78 is 12.3. The van der Waals surface area contributed by atoms with Gasteiger partial charge in [-0.1, -0.05) is 29.0 Å². The number of fused-ring (bicyclic) bond motifs is 2. The SMILES string of the molecule is CN(C)CCCN(C(=O)c1cccc(Cl)c1)c1nc2cc3c(cc2s1)OCCO3. The third-order valence-corrected chi connectivity index (χ3v) is 5.85. The minimum atomic E-state index is -0.109. The van der Waals surface area contributed by atoms with Gasteiger partial charge in [0, 0.05) is 29.3 Å². The van der Waals surface area contributed by atoms with Gasteiger partial charge in [0.15, 0.2) is 16.6 Å². The van der Waals surface area contributed by atoms with Crippen LogP contribution in [0.15, 0.2) is 36.4 Å². The first kappa shape index (κ1) is 19.9. The molecule has 0 spiro atoms. The van der Waals surface area contributed by atoms with Crippen molar-refractivity contribution < 1.29 is 14.3 Å². The fourth-order valence-corrected chi connectivity index (χ4v) is 4.37. The number of amides is 1. The van der Waals surface area contributed by atoms with E-state index in [0.717, 1.165) is 28.9 Å². The zero-order valence-corrected chi connectivity index (χ0v) is 17.9. The summed E-state index contributed by atoms with van der Waals surface area (Å²) in [4.78, 5) is 21.8. The summed E-state index contributed by atoms with van der Waals surface area (Å²) in [6.45, 7) is 2.50. The Labute approximate surface area is 178 Å². The third kappa shape index (κ3) is 4.47.